The fourth-order valence-electron chi connectivity index (χ4n) is 1.38. The number of fused-ring (bicyclic) bond motifs is 1. The number of H-pyrrole nitrogens is 1. The van der Waals surface area contributed by atoms with Crippen LogP contribution in [0.15, 0.2) is 65.1 Å². The predicted molar refractivity (Wildman–Crippen MR) is 143 cm³/mol. The highest BCUT2D eigenvalue weighted by Crippen LogP contribution is 2.18. The molecule has 0 aliphatic heterocycles. The largest absolute Gasteiger partial charge is 0.478 e. The van der Waals surface area contributed by atoms with Crippen LogP contribution in [0.3, 0.4) is 0 Å². The zero-order valence-electron chi connectivity index (χ0n) is 21.5. The number of nitrogens with one attached hydrogen (secondary N) is 1. The second kappa shape index (κ2) is 20.6. The Balaban J connectivity index is -0.000000400. The first-order valence-electron chi connectivity index (χ1n) is 10.6. The summed E-state index contributed by atoms with van der Waals surface area (Å²) in [5.41, 5.74) is 1.63. The van der Waals surface area contributed by atoms with Crippen molar-refractivity contribution in [2.45, 2.75) is 34.1 Å². The van der Waals surface area contributed by atoms with E-state index in [0.29, 0.717) is 11.3 Å². The highest BCUT2D eigenvalue weighted by molar-refractivity contribution is 7.71. The number of oxazole rings is 1. The Morgan fingerprint density at radius 3 is 1.38 bits per heavy atom. The van der Waals surface area contributed by atoms with Gasteiger partial charge in [-0.25, -0.2) is 14.4 Å². The molecule has 2 rings (SSSR count). The molecule has 7 N–H and O–H groups in total. The van der Waals surface area contributed by atoms with Crippen LogP contribution >= 0.6 is 12.2 Å². The monoisotopic (exact) mass is 543 g/mol. The van der Waals surface area contributed by atoms with Crippen molar-refractivity contribution in [1.82, 2.24) is 4.98 Å². The summed E-state index contributed by atoms with van der Waals surface area (Å²) in [5, 5.41) is 49.6. The number of para-hydroxylation sites is 2. The lowest BCUT2D eigenvalue weighted by Crippen LogP contribution is -2.32. The molecule has 2 aromatic rings. The van der Waals surface area contributed by atoms with E-state index < -0.39 is 23.3 Å². The first-order valence-corrected chi connectivity index (χ1v) is 11.0. The van der Waals surface area contributed by atoms with E-state index >= 15 is 0 Å². The summed E-state index contributed by atoms with van der Waals surface area (Å²) < 4.78 is 5.13. The molecule has 208 valence electrons. The fourth-order valence-corrected chi connectivity index (χ4v) is 1.58. The maximum absolute atomic E-state index is 9.60. The minimum atomic E-state index is -0.935. The van der Waals surface area contributed by atoms with Crippen LogP contribution < -0.4 is 0 Å². The van der Waals surface area contributed by atoms with Gasteiger partial charge in [0.15, 0.2) is 5.58 Å². The van der Waals surface area contributed by atoms with Crippen molar-refractivity contribution in [3.8, 4) is 0 Å². The van der Waals surface area contributed by atoms with Crippen molar-refractivity contribution in [2.24, 2.45) is 5.41 Å². The average Bonchev–Trinajstić information content (AvgIpc) is 3.22. The van der Waals surface area contributed by atoms with Crippen LogP contribution in [0, 0.1) is 10.3 Å². The molecule has 0 aliphatic rings. The van der Waals surface area contributed by atoms with E-state index in [0.717, 1.165) is 11.1 Å². The van der Waals surface area contributed by atoms with E-state index in [2.05, 4.69) is 24.7 Å². The number of carboxylic acid groups (broad SMARTS) is 3. The number of hydrogen-bond acceptors (Lipinski definition) is 8. The first-order chi connectivity index (χ1) is 17.0. The molecule has 0 aliphatic carbocycles. The summed E-state index contributed by atoms with van der Waals surface area (Å²) in [7, 11) is 0. The molecule has 12 heteroatoms. The van der Waals surface area contributed by atoms with Gasteiger partial charge in [-0.2, -0.15) is 0 Å². The maximum Gasteiger partial charge on any atom is 0.330 e. The molecule has 0 fully saturated rings. The fraction of sp³-hybridized carbons (Fsp3) is 0.360. The van der Waals surface area contributed by atoms with Crippen molar-refractivity contribution in [1.29, 1.82) is 0 Å². The van der Waals surface area contributed by atoms with Gasteiger partial charge in [0.2, 0.25) is 0 Å². The minimum absolute atomic E-state index is 0.156. The Hall–Kier alpha value is -3.58. The van der Waals surface area contributed by atoms with Gasteiger partial charge in [0.05, 0.1) is 25.3 Å². The number of carboxylic acids is 3. The van der Waals surface area contributed by atoms with Crippen molar-refractivity contribution < 1.29 is 49.4 Å². The number of rotatable bonds is 7. The van der Waals surface area contributed by atoms with Crippen molar-refractivity contribution in [3.63, 3.8) is 0 Å². The van der Waals surface area contributed by atoms with Gasteiger partial charge in [0.1, 0.15) is 0 Å². The van der Waals surface area contributed by atoms with Crippen molar-refractivity contribution in [3.05, 3.63) is 65.6 Å². The molecule has 37 heavy (non-hydrogen) atoms. The number of aliphatic carboxylic acids is 3. The number of aromatic amines is 1. The zero-order chi connectivity index (χ0) is 29.8. The molecule has 0 atom stereocenters. The minimum Gasteiger partial charge on any atom is -0.478 e. The van der Waals surface area contributed by atoms with E-state index in [1.54, 1.807) is 0 Å². The molecular formula is C25H37NO10S. The van der Waals surface area contributed by atoms with Crippen LogP contribution in [0.5, 0.6) is 0 Å². The van der Waals surface area contributed by atoms with Gasteiger partial charge in [0, 0.05) is 22.1 Å². The Morgan fingerprint density at radius 2 is 1.16 bits per heavy atom. The Morgan fingerprint density at radius 1 is 0.838 bits per heavy atom. The van der Waals surface area contributed by atoms with Gasteiger partial charge < -0.3 is 40.0 Å². The molecule has 1 aromatic carbocycles. The zero-order valence-corrected chi connectivity index (χ0v) is 22.3. The first kappa shape index (κ1) is 38.0. The molecule has 1 heterocycles. The highest BCUT2D eigenvalue weighted by Gasteiger charge is 2.24. The summed E-state index contributed by atoms with van der Waals surface area (Å²) in [6.45, 7) is 15.2. The molecule has 0 bridgehead atoms. The number of carbonyl (C=O) groups is 3. The lowest BCUT2D eigenvalue weighted by Gasteiger charge is -2.24. The van der Waals surface area contributed by atoms with Crippen molar-refractivity contribution >= 4 is 41.2 Å². The number of aliphatic hydroxyl groups is 3. The highest BCUT2D eigenvalue weighted by atomic mass is 32.1. The SMILES string of the molecule is C=C(C)C(=O)O.C=C(C)C(=O)O.C=C(C)C(=O)O.CCC(CO)(CO)CO.S=c1[nH]c2ccccc2o1. The van der Waals surface area contributed by atoms with Crippen LogP contribution in [0.1, 0.15) is 34.1 Å². The van der Waals surface area contributed by atoms with Crippen molar-refractivity contribution in [2.75, 3.05) is 19.8 Å². The Bertz CT molecular complexity index is 934. The second-order valence-electron chi connectivity index (χ2n) is 7.60. The van der Waals surface area contributed by atoms with Gasteiger partial charge >= 0.3 is 17.9 Å². The third kappa shape index (κ3) is 19.3. The summed E-state index contributed by atoms with van der Waals surface area (Å²) >= 11 is 4.79. The Labute approximate surface area is 220 Å². The quantitative estimate of drug-likeness (QED) is 0.198. The third-order valence-corrected chi connectivity index (χ3v) is 4.36. The molecule has 0 saturated heterocycles. The molecule has 0 amide bonds. The van der Waals surface area contributed by atoms with Crippen LogP contribution in [0.2, 0.25) is 0 Å². The number of hydrogen-bond donors (Lipinski definition) is 7. The molecule has 0 radical (unpaired) electrons. The van der Waals surface area contributed by atoms with Gasteiger partial charge in [-0.15, -0.1) is 0 Å². The van der Waals surface area contributed by atoms with E-state index in [9.17, 15) is 14.4 Å². The van der Waals surface area contributed by atoms with Gasteiger partial charge in [-0.1, -0.05) is 38.8 Å². The second-order valence-corrected chi connectivity index (χ2v) is 7.97. The standard InChI is InChI=1S/C7H5NOS.C6H14O3.3C4H6O2/c10-7-8-5-3-1-2-4-6(5)9-7;1-2-6(3-7,4-8)5-9;3*1-3(2)4(5)6/h1-4H,(H,8,10);7-9H,2-5H2,1H3;3*1H2,2H3,(H,5,6). The van der Waals surface area contributed by atoms with Crippen LogP contribution in [-0.4, -0.2) is 73.4 Å². The van der Waals surface area contributed by atoms with Crippen LogP contribution in [0.25, 0.3) is 11.1 Å². The molecule has 0 saturated carbocycles. The van der Waals surface area contributed by atoms with Gasteiger partial charge in [0.25, 0.3) is 4.84 Å². The Kier molecular flexibility index (Phi) is 21.1. The normalized spacial score (nSPS) is 9.38. The van der Waals surface area contributed by atoms with E-state index in [-0.39, 0.29) is 36.5 Å². The molecule has 0 spiro atoms. The molecule has 11 nitrogen and oxygen atoms in total. The molecular weight excluding hydrogens is 506 g/mol. The third-order valence-electron chi connectivity index (χ3n) is 4.18. The summed E-state index contributed by atoms with van der Waals surface area (Å²) in [5.74, 6) is -2.81. The van der Waals surface area contributed by atoms with E-state index in [1.165, 1.54) is 20.8 Å². The summed E-state index contributed by atoms with van der Waals surface area (Å²) in [4.78, 5) is 32.1. The average molecular weight is 544 g/mol. The van der Waals surface area contributed by atoms with Crippen LogP contribution in [-0.2, 0) is 14.4 Å². The van der Waals surface area contributed by atoms with E-state index in [1.807, 2.05) is 31.2 Å². The molecule has 0 unspecified atom stereocenters. The van der Waals surface area contributed by atoms with Gasteiger partial charge in [-0.3, -0.25) is 0 Å². The summed E-state index contributed by atoms with van der Waals surface area (Å²) in [6.07, 6.45) is 0.594. The topological polar surface area (TPSA) is 202 Å². The number of aromatic nitrogens is 1. The van der Waals surface area contributed by atoms with Gasteiger partial charge in [-0.05, 0) is 51.5 Å². The smallest absolute Gasteiger partial charge is 0.330 e. The van der Waals surface area contributed by atoms with E-state index in [4.69, 9.17) is 47.3 Å². The molecule has 1 aromatic heterocycles. The number of aliphatic hydroxyl groups excluding tert-OH is 3. The predicted octanol–water partition coefficient (Wildman–Crippen LogP) is 3.79. The van der Waals surface area contributed by atoms with Crippen LogP contribution in [0.4, 0.5) is 0 Å². The maximum atomic E-state index is 9.60. The lowest BCUT2D eigenvalue weighted by atomic mass is 9.88. The lowest BCUT2D eigenvalue weighted by molar-refractivity contribution is -0.133. The summed E-state index contributed by atoms with van der Waals surface area (Å²) in [6, 6.07) is 7.65. The number of benzene rings is 1.